The van der Waals surface area contributed by atoms with Gasteiger partial charge >= 0.3 is 6.18 Å². The molecule has 0 N–H and O–H groups in total. The molecule has 1 unspecified atom stereocenters. The summed E-state index contributed by atoms with van der Waals surface area (Å²) in [6, 6.07) is 5.22. The number of methoxy groups -OCH3 is 2. The molecule has 150 valence electrons. The summed E-state index contributed by atoms with van der Waals surface area (Å²) in [6.07, 6.45) is -2.14. The molecule has 0 amide bonds. The second-order valence-electron chi connectivity index (χ2n) is 6.21. The lowest BCUT2D eigenvalue weighted by Gasteiger charge is -2.18. The van der Waals surface area contributed by atoms with Gasteiger partial charge in [-0.2, -0.15) is 18.2 Å². The molecule has 28 heavy (non-hydrogen) atoms. The van der Waals surface area contributed by atoms with Gasteiger partial charge in [-0.3, -0.25) is 4.57 Å². The SMILES string of the molecule is CCC(COC)n1c(OC)nc2c(-c3ccc(C(F)(F)F)cc3Cl)ccnc21. The molecule has 1 atom stereocenters. The Hall–Kier alpha value is -2.32. The van der Waals surface area contributed by atoms with E-state index in [4.69, 9.17) is 21.1 Å². The van der Waals surface area contributed by atoms with Gasteiger partial charge in [-0.15, -0.1) is 0 Å². The van der Waals surface area contributed by atoms with Crippen molar-refractivity contribution in [1.82, 2.24) is 14.5 Å². The molecule has 5 nitrogen and oxygen atoms in total. The fraction of sp³-hybridized carbons (Fsp3) is 0.368. The third-order valence-corrected chi connectivity index (χ3v) is 4.82. The van der Waals surface area contributed by atoms with E-state index in [2.05, 4.69) is 9.97 Å². The Morgan fingerprint density at radius 3 is 2.50 bits per heavy atom. The molecule has 0 aliphatic rings. The van der Waals surface area contributed by atoms with Crippen molar-refractivity contribution in [3.63, 3.8) is 0 Å². The van der Waals surface area contributed by atoms with Crippen molar-refractivity contribution in [3.8, 4) is 17.1 Å². The number of benzene rings is 1. The van der Waals surface area contributed by atoms with Crippen LogP contribution in [0.5, 0.6) is 6.01 Å². The van der Waals surface area contributed by atoms with Gasteiger partial charge in [0.2, 0.25) is 0 Å². The maximum absolute atomic E-state index is 12.9. The molecule has 0 aliphatic heterocycles. The lowest BCUT2D eigenvalue weighted by atomic mass is 10.0. The van der Waals surface area contributed by atoms with E-state index in [1.165, 1.54) is 13.2 Å². The number of imidazole rings is 1. The summed E-state index contributed by atoms with van der Waals surface area (Å²) in [5.41, 5.74) is 1.26. The number of rotatable bonds is 6. The fourth-order valence-corrected chi connectivity index (χ4v) is 3.42. The average Bonchev–Trinajstić information content (AvgIpc) is 3.04. The average molecular weight is 414 g/mol. The number of aromatic nitrogens is 3. The number of ether oxygens (including phenoxy) is 2. The summed E-state index contributed by atoms with van der Waals surface area (Å²) in [5, 5.41) is -0.0141. The minimum atomic E-state index is -4.46. The van der Waals surface area contributed by atoms with Crippen LogP contribution in [0.4, 0.5) is 13.2 Å². The van der Waals surface area contributed by atoms with Crippen LogP contribution in [0.25, 0.3) is 22.3 Å². The van der Waals surface area contributed by atoms with E-state index in [0.717, 1.165) is 18.6 Å². The molecule has 3 aromatic rings. The van der Waals surface area contributed by atoms with Crippen LogP contribution in [-0.2, 0) is 10.9 Å². The highest BCUT2D eigenvalue weighted by molar-refractivity contribution is 6.33. The zero-order valence-electron chi connectivity index (χ0n) is 15.5. The Bertz CT molecular complexity index is 988. The zero-order chi connectivity index (χ0) is 20.5. The smallest absolute Gasteiger partial charge is 0.416 e. The van der Waals surface area contributed by atoms with Crippen LogP contribution in [0.3, 0.4) is 0 Å². The first-order chi connectivity index (χ1) is 13.3. The molecule has 0 saturated heterocycles. The number of hydrogen-bond donors (Lipinski definition) is 0. The highest BCUT2D eigenvalue weighted by atomic mass is 35.5. The second kappa shape index (κ2) is 7.97. The van der Waals surface area contributed by atoms with Gasteiger partial charge in [0.15, 0.2) is 5.65 Å². The molecule has 0 saturated carbocycles. The van der Waals surface area contributed by atoms with E-state index in [9.17, 15) is 13.2 Å². The molecular formula is C19H19ClF3N3O2. The molecule has 2 heterocycles. The first kappa shape index (κ1) is 20.4. The third-order valence-electron chi connectivity index (χ3n) is 4.51. The Morgan fingerprint density at radius 2 is 1.93 bits per heavy atom. The number of nitrogens with zero attached hydrogens (tertiary/aromatic N) is 3. The molecule has 1 aromatic carbocycles. The van der Waals surface area contributed by atoms with E-state index in [1.54, 1.807) is 19.4 Å². The van der Waals surface area contributed by atoms with Crippen LogP contribution < -0.4 is 4.74 Å². The predicted octanol–water partition coefficient (Wildman–Crippen LogP) is 5.38. The van der Waals surface area contributed by atoms with Crippen molar-refractivity contribution in [3.05, 3.63) is 41.0 Å². The van der Waals surface area contributed by atoms with Gasteiger partial charge in [0.05, 0.1) is 25.3 Å². The zero-order valence-corrected chi connectivity index (χ0v) is 16.3. The third kappa shape index (κ3) is 3.66. The largest absolute Gasteiger partial charge is 0.468 e. The first-order valence-electron chi connectivity index (χ1n) is 8.58. The van der Waals surface area contributed by atoms with Crippen molar-refractivity contribution in [2.45, 2.75) is 25.6 Å². The van der Waals surface area contributed by atoms with Gasteiger partial charge in [0.25, 0.3) is 6.01 Å². The number of alkyl halides is 3. The highest BCUT2D eigenvalue weighted by Gasteiger charge is 2.31. The van der Waals surface area contributed by atoms with Crippen molar-refractivity contribution < 1.29 is 22.6 Å². The van der Waals surface area contributed by atoms with Crippen LogP contribution in [0.2, 0.25) is 5.02 Å². The predicted molar refractivity (Wildman–Crippen MR) is 101 cm³/mol. The van der Waals surface area contributed by atoms with Crippen LogP contribution in [-0.4, -0.2) is 35.4 Å². The number of fused-ring (bicyclic) bond motifs is 1. The van der Waals surface area contributed by atoms with E-state index >= 15 is 0 Å². The Kier molecular flexibility index (Phi) is 5.81. The Labute approximate surface area is 165 Å². The molecule has 0 fully saturated rings. The summed E-state index contributed by atoms with van der Waals surface area (Å²) < 4.78 is 51.4. The fourth-order valence-electron chi connectivity index (χ4n) is 3.14. The minimum Gasteiger partial charge on any atom is -0.468 e. The molecule has 0 bridgehead atoms. The van der Waals surface area contributed by atoms with E-state index < -0.39 is 11.7 Å². The van der Waals surface area contributed by atoms with E-state index in [0.29, 0.717) is 34.9 Å². The van der Waals surface area contributed by atoms with Crippen molar-refractivity contribution in [1.29, 1.82) is 0 Å². The van der Waals surface area contributed by atoms with Crippen molar-refractivity contribution in [2.24, 2.45) is 0 Å². The van der Waals surface area contributed by atoms with Gasteiger partial charge in [-0.25, -0.2) is 4.98 Å². The standard InChI is InChI=1S/C19H19ClF3N3O2/c1-4-12(10-27-2)26-17-16(25-18(26)28-3)14(7-8-24-17)13-6-5-11(9-15(13)20)19(21,22)23/h5-9,12H,4,10H2,1-3H3. The summed E-state index contributed by atoms with van der Waals surface area (Å²) in [7, 11) is 3.11. The Morgan fingerprint density at radius 1 is 1.18 bits per heavy atom. The molecular weight excluding hydrogens is 395 g/mol. The molecule has 3 rings (SSSR count). The van der Waals surface area contributed by atoms with Gasteiger partial charge in [-0.05, 0) is 24.6 Å². The summed E-state index contributed by atoms with van der Waals surface area (Å²) in [4.78, 5) is 8.93. The quantitative estimate of drug-likeness (QED) is 0.544. The lowest BCUT2D eigenvalue weighted by molar-refractivity contribution is -0.137. The van der Waals surface area contributed by atoms with E-state index in [-0.39, 0.29) is 11.1 Å². The maximum Gasteiger partial charge on any atom is 0.416 e. The van der Waals surface area contributed by atoms with Crippen LogP contribution in [0.1, 0.15) is 24.9 Å². The molecule has 0 aliphatic carbocycles. The molecule has 0 spiro atoms. The van der Waals surface area contributed by atoms with Crippen molar-refractivity contribution in [2.75, 3.05) is 20.8 Å². The van der Waals surface area contributed by atoms with Crippen molar-refractivity contribution >= 4 is 22.8 Å². The van der Waals surface area contributed by atoms with Crippen LogP contribution in [0.15, 0.2) is 30.5 Å². The van der Waals surface area contributed by atoms with Crippen LogP contribution in [0, 0.1) is 0 Å². The second-order valence-corrected chi connectivity index (χ2v) is 6.62. The summed E-state index contributed by atoms with van der Waals surface area (Å²) in [6.45, 7) is 2.44. The maximum atomic E-state index is 12.9. The summed E-state index contributed by atoms with van der Waals surface area (Å²) >= 11 is 6.18. The normalized spacial score (nSPS) is 13.1. The number of pyridine rings is 1. The van der Waals surface area contributed by atoms with Gasteiger partial charge < -0.3 is 9.47 Å². The molecule has 0 radical (unpaired) electrons. The monoisotopic (exact) mass is 413 g/mol. The molecule has 9 heteroatoms. The van der Waals surface area contributed by atoms with E-state index in [1.807, 2.05) is 11.5 Å². The first-order valence-corrected chi connectivity index (χ1v) is 8.96. The number of hydrogen-bond acceptors (Lipinski definition) is 4. The summed E-state index contributed by atoms with van der Waals surface area (Å²) in [5.74, 6) is 0. The topological polar surface area (TPSA) is 49.2 Å². The van der Waals surface area contributed by atoms with Gasteiger partial charge in [0.1, 0.15) is 5.52 Å². The van der Waals surface area contributed by atoms with Gasteiger partial charge in [-0.1, -0.05) is 24.6 Å². The highest BCUT2D eigenvalue weighted by Crippen LogP contribution is 2.38. The van der Waals surface area contributed by atoms with Crippen LogP contribution >= 0.6 is 11.6 Å². The van der Waals surface area contributed by atoms with Gasteiger partial charge in [0, 0.05) is 29.5 Å². The Balaban J connectivity index is 2.20. The number of halogens is 4. The minimum absolute atomic E-state index is 0.0141. The molecule has 2 aromatic heterocycles. The lowest BCUT2D eigenvalue weighted by Crippen LogP contribution is -2.15.